The molecular formula is C13H29N3. The molecule has 0 spiro atoms. The highest BCUT2D eigenvalue weighted by atomic mass is 15.3. The first kappa shape index (κ1) is 13.9. The van der Waals surface area contributed by atoms with Crippen molar-refractivity contribution in [3.63, 3.8) is 0 Å². The van der Waals surface area contributed by atoms with Crippen LogP contribution in [0.25, 0.3) is 0 Å². The van der Waals surface area contributed by atoms with Crippen LogP contribution in [0, 0.1) is 0 Å². The zero-order valence-electron chi connectivity index (χ0n) is 11.2. The van der Waals surface area contributed by atoms with Gasteiger partial charge in [-0.2, -0.15) is 0 Å². The molecular weight excluding hydrogens is 198 g/mol. The summed E-state index contributed by atoms with van der Waals surface area (Å²) in [5, 5.41) is 3.39. The lowest BCUT2D eigenvalue weighted by Crippen LogP contribution is -2.47. The van der Waals surface area contributed by atoms with E-state index in [9.17, 15) is 0 Å². The number of nitrogens with one attached hydrogen (secondary N) is 1. The van der Waals surface area contributed by atoms with Gasteiger partial charge in [0.15, 0.2) is 0 Å². The van der Waals surface area contributed by atoms with Crippen molar-refractivity contribution in [2.45, 2.75) is 33.1 Å². The van der Waals surface area contributed by atoms with Gasteiger partial charge >= 0.3 is 0 Å². The van der Waals surface area contributed by atoms with Gasteiger partial charge in [-0.25, -0.2) is 0 Å². The molecule has 0 bridgehead atoms. The summed E-state index contributed by atoms with van der Waals surface area (Å²) < 4.78 is 0. The standard InChI is InChI=1S/C13H29N3/c1-3-5-8-15-10-12-16(13-11-15)9-6-7-14-4-2/h14H,3-13H2,1-2H3. The van der Waals surface area contributed by atoms with Crippen molar-refractivity contribution in [3.8, 4) is 0 Å². The maximum absolute atomic E-state index is 3.39. The number of hydrogen-bond acceptors (Lipinski definition) is 3. The Hall–Kier alpha value is -0.120. The van der Waals surface area contributed by atoms with E-state index in [2.05, 4.69) is 29.0 Å². The Balaban J connectivity index is 1.98. The molecule has 1 rings (SSSR count). The molecule has 3 nitrogen and oxygen atoms in total. The van der Waals surface area contributed by atoms with Crippen LogP contribution in [0.5, 0.6) is 0 Å². The van der Waals surface area contributed by atoms with Crippen LogP contribution in [-0.4, -0.2) is 62.2 Å². The first-order valence-corrected chi connectivity index (χ1v) is 7.02. The zero-order valence-corrected chi connectivity index (χ0v) is 11.2. The van der Waals surface area contributed by atoms with E-state index in [1.807, 2.05) is 0 Å². The van der Waals surface area contributed by atoms with Crippen molar-refractivity contribution in [3.05, 3.63) is 0 Å². The fourth-order valence-electron chi connectivity index (χ4n) is 2.22. The minimum atomic E-state index is 1.10. The van der Waals surface area contributed by atoms with Gasteiger partial charge in [-0.15, -0.1) is 0 Å². The van der Waals surface area contributed by atoms with Crippen LogP contribution in [0.4, 0.5) is 0 Å². The van der Waals surface area contributed by atoms with Crippen LogP contribution in [0.15, 0.2) is 0 Å². The summed E-state index contributed by atoms with van der Waals surface area (Å²) in [7, 11) is 0. The van der Waals surface area contributed by atoms with Crippen LogP contribution in [0.2, 0.25) is 0 Å². The van der Waals surface area contributed by atoms with Crippen molar-refractivity contribution in [1.82, 2.24) is 15.1 Å². The summed E-state index contributed by atoms with van der Waals surface area (Å²) in [4.78, 5) is 5.23. The molecule has 0 saturated carbocycles. The van der Waals surface area contributed by atoms with E-state index in [0.717, 1.165) is 6.54 Å². The molecule has 96 valence electrons. The maximum atomic E-state index is 3.39. The Morgan fingerprint density at radius 1 is 0.875 bits per heavy atom. The number of unbranched alkanes of at least 4 members (excludes halogenated alkanes) is 1. The van der Waals surface area contributed by atoms with Gasteiger partial charge in [0.25, 0.3) is 0 Å². The van der Waals surface area contributed by atoms with Crippen molar-refractivity contribution < 1.29 is 0 Å². The smallest absolute Gasteiger partial charge is 0.0110 e. The summed E-state index contributed by atoms with van der Waals surface area (Å²) in [6, 6.07) is 0. The molecule has 0 aliphatic carbocycles. The quantitative estimate of drug-likeness (QED) is 0.633. The highest BCUT2D eigenvalue weighted by molar-refractivity contribution is 4.71. The topological polar surface area (TPSA) is 18.5 Å². The predicted molar refractivity (Wildman–Crippen MR) is 70.9 cm³/mol. The lowest BCUT2D eigenvalue weighted by molar-refractivity contribution is 0.130. The fourth-order valence-corrected chi connectivity index (χ4v) is 2.22. The Morgan fingerprint density at radius 3 is 1.94 bits per heavy atom. The van der Waals surface area contributed by atoms with E-state index in [1.54, 1.807) is 0 Å². The van der Waals surface area contributed by atoms with Crippen molar-refractivity contribution >= 4 is 0 Å². The van der Waals surface area contributed by atoms with Gasteiger partial charge in [-0.1, -0.05) is 20.3 Å². The van der Waals surface area contributed by atoms with Gasteiger partial charge in [-0.3, -0.25) is 0 Å². The molecule has 0 aromatic heterocycles. The van der Waals surface area contributed by atoms with Gasteiger partial charge in [0.05, 0.1) is 0 Å². The summed E-state index contributed by atoms with van der Waals surface area (Å²) in [6.07, 6.45) is 3.98. The second-order valence-corrected chi connectivity index (χ2v) is 4.74. The molecule has 1 fully saturated rings. The molecule has 3 heteroatoms. The second kappa shape index (κ2) is 8.97. The minimum absolute atomic E-state index is 1.10. The molecule has 1 aliphatic heterocycles. The number of rotatable bonds is 8. The third-order valence-corrected chi connectivity index (χ3v) is 3.37. The monoisotopic (exact) mass is 227 g/mol. The van der Waals surface area contributed by atoms with Gasteiger partial charge in [0.1, 0.15) is 0 Å². The minimum Gasteiger partial charge on any atom is -0.317 e. The van der Waals surface area contributed by atoms with E-state index in [-0.39, 0.29) is 0 Å². The average molecular weight is 227 g/mol. The SMILES string of the molecule is CCCCN1CCN(CCCNCC)CC1. The first-order chi connectivity index (χ1) is 7.86. The molecule has 0 unspecified atom stereocenters. The second-order valence-electron chi connectivity index (χ2n) is 4.74. The van der Waals surface area contributed by atoms with Gasteiger partial charge < -0.3 is 15.1 Å². The van der Waals surface area contributed by atoms with Crippen LogP contribution in [0.3, 0.4) is 0 Å². The summed E-state index contributed by atoms with van der Waals surface area (Å²) >= 11 is 0. The lowest BCUT2D eigenvalue weighted by atomic mass is 10.2. The number of nitrogens with zero attached hydrogens (tertiary/aromatic N) is 2. The molecule has 0 radical (unpaired) electrons. The van der Waals surface area contributed by atoms with Gasteiger partial charge in [-0.05, 0) is 39.0 Å². The van der Waals surface area contributed by atoms with Crippen molar-refractivity contribution in [1.29, 1.82) is 0 Å². The number of hydrogen-bond donors (Lipinski definition) is 1. The van der Waals surface area contributed by atoms with E-state index < -0.39 is 0 Å². The molecule has 1 heterocycles. The highest BCUT2D eigenvalue weighted by Gasteiger charge is 2.15. The van der Waals surface area contributed by atoms with Crippen LogP contribution in [-0.2, 0) is 0 Å². The summed E-state index contributed by atoms with van der Waals surface area (Å²) in [6.45, 7) is 14.4. The molecule has 0 aromatic carbocycles. The first-order valence-electron chi connectivity index (χ1n) is 7.02. The normalized spacial score (nSPS) is 19.1. The third kappa shape index (κ3) is 5.83. The Labute approximate surface area is 101 Å². The molecule has 16 heavy (non-hydrogen) atoms. The molecule has 1 aliphatic rings. The molecule has 1 N–H and O–H groups in total. The predicted octanol–water partition coefficient (Wildman–Crippen LogP) is 1.40. The Morgan fingerprint density at radius 2 is 1.44 bits per heavy atom. The van der Waals surface area contributed by atoms with Crippen molar-refractivity contribution in [2.75, 3.05) is 52.4 Å². The van der Waals surface area contributed by atoms with E-state index >= 15 is 0 Å². The highest BCUT2D eigenvalue weighted by Crippen LogP contribution is 2.03. The largest absolute Gasteiger partial charge is 0.317 e. The zero-order chi connectivity index (χ0) is 11.6. The van der Waals surface area contributed by atoms with E-state index in [4.69, 9.17) is 0 Å². The van der Waals surface area contributed by atoms with Crippen LogP contribution < -0.4 is 5.32 Å². The molecule has 0 atom stereocenters. The lowest BCUT2D eigenvalue weighted by Gasteiger charge is -2.34. The average Bonchev–Trinajstić information content (AvgIpc) is 2.33. The maximum Gasteiger partial charge on any atom is 0.0110 e. The molecule has 0 aromatic rings. The fraction of sp³-hybridized carbons (Fsp3) is 1.00. The number of piperazine rings is 1. The Bertz CT molecular complexity index is 153. The molecule has 0 amide bonds. The third-order valence-electron chi connectivity index (χ3n) is 3.37. The van der Waals surface area contributed by atoms with Crippen molar-refractivity contribution in [2.24, 2.45) is 0 Å². The van der Waals surface area contributed by atoms with Gasteiger partial charge in [0, 0.05) is 26.2 Å². The summed E-state index contributed by atoms with van der Waals surface area (Å²) in [5.74, 6) is 0. The van der Waals surface area contributed by atoms with E-state index in [1.165, 1.54) is 65.1 Å². The molecule has 1 saturated heterocycles. The Kier molecular flexibility index (Phi) is 7.81. The van der Waals surface area contributed by atoms with Crippen LogP contribution in [0.1, 0.15) is 33.1 Å². The van der Waals surface area contributed by atoms with Gasteiger partial charge in [0.2, 0.25) is 0 Å². The summed E-state index contributed by atoms with van der Waals surface area (Å²) in [5.41, 5.74) is 0. The van der Waals surface area contributed by atoms with E-state index in [0.29, 0.717) is 0 Å². The van der Waals surface area contributed by atoms with Crippen LogP contribution >= 0.6 is 0 Å².